The molecule has 1 aromatic heterocycles. The van der Waals surface area contributed by atoms with Crippen molar-refractivity contribution in [1.82, 2.24) is 14.8 Å². The highest BCUT2D eigenvalue weighted by Crippen LogP contribution is 2.27. The number of hydrogen-bond donors (Lipinski definition) is 1. The molecule has 0 atom stereocenters. The fourth-order valence-corrected chi connectivity index (χ4v) is 4.24. The lowest BCUT2D eigenvalue weighted by atomic mass is 10.1. The standard InChI is InChI=1S/C20H27N3O/c24-20(16-5-1-2-6-16)23-13-11-22(12-14-23)10-9-17-15-21-19-8-4-3-7-18(17)19/h3-4,7-8,15-16,21H,1-2,5-6,9-14H2. The number of amides is 1. The molecule has 0 unspecified atom stereocenters. The van der Waals surface area contributed by atoms with Crippen LogP contribution in [0.5, 0.6) is 0 Å². The van der Waals surface area contributed by atoms with Crippen molar-refractivity contribution in [3.05, 3.63) is 36.0 Å². The third kappa shape index (κ3) is 3.20. The average Bonchev–Trinajstić information content (AvgIpc) is 3.30. The molecule has 1 N–H and O–H groups in total. The normalized spacial score (nSPS) is 20.1. The minimum Gasteiger partial charge on any atom is -0.361 e. The number of carbonyl (C=O) groups is 1. The monoisotopic (exact) mass is 325 g/mol. The van der Waals surface area contributed by atoms with E-state index in [4.69, 9.17) is 0 Å². The van der Waals surface area contributed by atoms with Crippen molar-refractivity contribution in [3.8, 4) is 0 Å². The Morgan fingerprint density at radius 3 is 2.62 bits per heavy atom. The van der Waals surface area contributed by atoms with Crippen molar-refractivity contribution in [2.24, 2.45) is 5.92 Å². The molecule has 128 valence electrons. The summed E-state index contributed by atoms with van der Waals surface area (Å²) in [5.41, 5.74) is 2.62. The van der Waals surface area contributed by atoms with E-state index in [2.05, 4.69) is 45.2 Å². The van der Waals surface area contributed by atoms with Crippen molar-refractivity contribution >= 4 is 16.8 Å². The van der Waals surface area contributed by atoms with Gasteiger partial charge in [0.1, 0.15) is 0 Å². The molecule has 1 saturated carbocycles. The Hall–Kier alpha value is -1.81. The molecule has 1 aliphatic carbocycles. The van der Waals surface area contributed by atoms with Gasteiger partial charge in [0.05, 0.1) is 0 Å². The number of aromatic nitrogens is 1. The molecule has 2 aliphatic rings. The SMILES string of the molecule is O=C(C1CCCC1)N1CCN(CCc2c[nH]c3ccccc23)CC1. The highest BCUT2D eigenvalue weighted by molar-refractivity contribution is 5.83. The van der Waals surface area contributed by atoms with Gasteiger partial charge < -0.3 is 9.88 Å². The van der Waals surface area contributed by atoms with Gasteiger partial charge in [-0.1, -0.05) is 31.0 Å². The molecule has 1 aromatic carbocycles. The number of benzene rings is 1. The lowest BCUT2D eigenvalue weighted by Crippen LogP contribution is -2.50. The molecule has 4 rings (SSSR count). The lowest BCUT2D eigenvalue weighted by Gasteiger charge is -2.36. The highest BCUT2D eigenvalue weighted by atomic mass is 16.2. The van der Waals surface area contributed by atoms with Crippen LogP contribution in [0.15, 0.2) is 30.5 Å². The van der Waals surface area contributed by atoms with Gasteiger partial charge in [0.15, 0.2) is 0 Å². The molecular weight excluding hydrogens is 298 g/mol. The molecule has 0 spiro atoms. The van der Waals surface area contributed by atoms with E-state index in [1.54, 1.807) is 0 Å². The minimum absolute atomic E-state index is 0.322. The molecule has 2 heterocycles. The quantitative estimate of drug-likeness (QED) is 0.938. The van der Waals surface area contributed by atoms with Crippen molar-refractivity contribution in [2.45, 2.75) is 32.1 Å². The Bertz CT molecular complexity index is 694. The van der Waals surface area contributed by atoms with Crippen LogP contribution in [-0.4, -0.2) is 53.4 Å². The van der Waals surface area contributed by atoms with Crippen molar-refractivity contribution in [3.63, 3.8) is 0 Å². The van der Waals surface area contributed by atoms with Crippen LogP contribution >= 0.6 is 0 Å². The molecule has 0 bridgehead atoms. The molecule has 4 heteroatoms. The van der Waals surface area contributed by atoms with Crippen molar-refractivity contribution < 1.29 is 4.79 Å². The topological polar surface area (TPSA) is 39.3 Å². The Kier molecular flexibility index (Phi) is 4.56. The van der Waals surface area contributed by atoms with E-state index < -0.39 is 0 Å². The first kappa shape index (κ1) is 15.7. The van der Waals surface area contributed by atoms with Crippen LogP contribution in [0, 0.1) is 5.92 Å². The second-order valence-corrected chi connectivity index (χ2v) is 7.26. The molecule has 2 aromatic rings. The third-order valence-electron chi connectivity index (χ3n) is 5.76. The van der Waals surface area contributed by atoms with Gasteiger partial charge in [0.2, 0.25) is 5.91 Å². The summed E-state index contributed by atoms with van der Waals surface area (Å²) in [6.07, 6.45) is 7.91. The number of nitrogens with zero attached hydrogens (tertiary/aromatic N) is 2. The molecule has 1 aliphatic heterocycles. The first-order valence-corrected chi connectivity index (χ1v) is 9.37. The zero-order valence-electron chi connectivity index (χ0n) is 14.3. The van der Waals surface area contributed by atoms with Gasteiger partial charge in [0, 0.05) is 55.7 Å². The predicted octanol–water partition coefficient (Wildman–Crippen LogP) is 3.04. The fourth-order valence-electron chi connectivity index (χ4n) is 4.24. The first-order chi connectivity index (χ1) is 11.8. The van der Waals surface area contributed by atoms with Crippen LogP contribution in [-0.2, 0) is 11.2 Å². The van der Waals surface area contributed by atoms with Crippen LogP contribution in [0.4, 0.5) is 0 Å². The Labute approximate surface area is 143 Å². The van der Waals surface area contributed by atoms with E-state index in [0.29, 0.717) is 11.8 Å². The zero-order valence-corrected chi connectivity index (χ0v) is 14.3. The van der Waals surface area contributed by atoms with Gasteiger partial charge in [-0.3, -0.25) is 9.69 Å². The van der Waals surface area contributed by atoms with Gasteiger partial charge in [-0.05, 0) is 30.9 Å². The summed E-state index contributed by atoms with van der Waals surface area (Å²) in [4.78, 5) is 20.5. The first-order valence-electron chi connectivity index (χ1n) is 9.37. The van der Waals surface area contributed by atoms with Crippen LogP contribution in [0.1, 0.15) is 31.2 Å². The average molecular weight is 325 g/mol. The number of nitrogens with one attached hydrogen (secondary N) is 1. The van der Waals surface area contributed by atoms with Gasteiger partial charge in [-0.25, -0.2) is 0 Å². The van der Waals surface area contributed by atoms with E-state index >= 15 is 0 Å². The third-order valence-corrected chi connectivity index (χ3v) is 5.76. The van der Waals surface area contributed by atoms with Crippen LogP contribution in [0.25, 0.3) is 10.9 Å². The Balaban J connectivity index is 1.28. The van der Waals surface area contributed by atoms with Crippen LogP contribution in [0.2, 0.25) is 0 Å². The zero-order chi connectivity index (χ0) is 16.4. The molecule has 2 fully saturated rings. The largest absolute Gasteiger partial charge is 0.361 e. The maximum Gasteiger partial charge on any atom is 0.225 e. The maximum atomic E-state index is 12.5. The molecule has 0 radical (unpaired) electrons. The summed E-state index contributed by atoms with van der Waals surface area (Å²) in [6, 6.07) is 8.50. The second-order valence-electron chi connectivity index (χ2n) is 7.26. The fraction of sp³-hybridized carbons (Fsp3) is 0.550. The maximum absolute atomic E-state index is 12.5. The van der Waals surface area contributed by atoms with Gasteiger partial charge >= 0.3 is 0 Å². The van der Waals surface area contributed by atoms with Crippen molar-refractivity contribution in [1.29, 1.82) is 0 Å². The summed E-state index contributed by atoms with van der Waals surface area (Å²) < 4.78 is 0. The number of H-pyrrole nitrogens is 1. The number of carbonyl (C=O) groups excluding carboxylic acids is 1. The molecular formula is C20H27N3O. The summed E-state index contributed by atoms with van der Waals surface area (Å²) in [5.74, 6) is 0.742. The van der Waals surface area contributed by atoms with Gasteiger partial charge in [-0.15, -0.1) is 0 Å². The predicted molar refractivity (Wildman–Crippen MR) is 97.0 cm³/mol. The molecule has 1 saturated heterocycles. The Morgan fingerprint density at radius 2 is 1.83 bits per heavy atom. The number of para-hydroxylation sites is 1. The summed E-state index contributed by atoms with van der Waals surface area (Å²) in [6.45, 7) is 4.92. The number of hydrogen-bond acceptors (Lipinski definition) is 2. The lowest BCUT2D eigenvalue weighted by molar-refractivity contribution is -0.137. The summed E-state index contributed by atoms with van der Waals surface area (Å²) in [5, 5.41) is 1.34. The van der Waals surface area contributed by atoms with E-state index in [-0.39, 0.29) is 0 Å². The van der Waals surface area contributed by atoms with Crippen molar-refractivity contribution in [2.75, 3.05) is 32.7 Å². The van der Waals surface area contributed by atoms with E-state index in [0.717, 1.165) is 52.0 Å². The van der Waals surface area contributed by atoms with Gasteiger partial charge in [0.25, 0.3) is 0 Å². The number of piperazine rings is 1. The number of rotatable bonds is 4. The number of fused-ring (bicyclic) bond motifs is 1. The summed E-state index contributed by atoms with van der Waals surface area (Å²) >= 11 is 0. The van der Waals surface area contributed by atoms with Crippen LogP contribution < -0.4 is 0 Å². The second kappa shape index (κ2) is 6.98. The smallest absolute Gasteiger partial charge is 0.225 e. The van der Waals surface area contributed by atoms with E-state index in [1.165, 1.54) is 29.3 Å². The van der Waals surface area contributed by atoms with Gasteiger partial charge in [-0.2, -0.15) is 0 Å². The van der Waals surface area contributed by atoms with Crippen LogP contribution in [0.3, 0.4) is 0 Å². The van der Waals surface area contributed by atoms with E-state index in [1.807, 2.05) is 0 Å². The van der Waals surface area contributed by atoms with E-state index in [9.17, 15) is 4.79 Å². The summed E-state index contributed by atoms with van der Waals surface area (Å²) in [7, 11) is 0. The number of aromatic amines is 1. The molecule has 24 heavy (non-hydrogen) atoms. The Morgan fingerprint density at radius 1 is 1.08 bits per heavy atom. The highest BCUT2D eigenvalue weighted by Gasteiger charge is 2.29. The minimum atomic E-state index is 0.322. The molecule has 1 amide bonds. The molecule has 4 nitrogen and oxygen atoms in total.